The van der Waals surface area contributed by atoms with Gasteiger partial charge in [-0.05, 0) is 37.5 Å². The van der Waals surface area contributed by atoms with Gasteiger partial charge in [0.1, 0.15) is 5.75 Å². The van der Waals surface area contributed by atoms with Gasteiger partial charge in [0.05, 0.1) is 6.10 Å². The zero-order chi connectivity index (χ0) is 18.3. The van der Waals surface area contributed by atoms with Gasteiger partial charge in [-0.15, -0.1) is 0 Å². The lowest BCUT2D eigenvalue weighted by molar-refractivity contribution is -0.000290. The molecule has 138 valence electrons. The van der Waals surface area contributed by atoms with Crippen LogP contribution in [0.15, 0.2) is 60.7 Å². The maximum absolute atomic E-state index is 9.80. The van der Waals surface area contributed by atoms with Crippen molar-refractivity contribution in [2.75, 3.05) is 0 Å². The monoisotopic (exact) mass is 344 g/mol. The van der Waals surface area contributed by atoms with Crippen LogP contribution >= 0.6 is 0 Å². The first-order valence-corrected chi connectivity index (χ1v) is 9.23. The smallest absolute Gasteiger partial charge is 0.194 e. The van der Waals surface area contributed by atoms with E-state index in [-0.39, 0.29) is 6.10 Å². The van der Waals surface area contributed by atoms with Gasteiger partial charge in [0.25, 0.3) is 0 Å². The SMILES string of the molecule is CC(O)Oc1ccccc1.CCCCCCC(O)Cc1ccccc1. The van der Waals surface area contributed by atoms with Gasteiger partial charge in [-0.2, -0.15) is 0 Å². The fourth-order valence-electron chi connectivity index (χ4n) is 2.49. The van der Waals surface area contributed by atoms with E-state index in [1.807, 2.05) is 36.4 Å². The molecule has 2 atom stereocenters. The van der Waals surface area contributed by atoms with Crippen LogP contribution in [-0.2, 0) is 6.42 Å². The summed E-state index contributed by atoms with van der Waals surface area (Å²) in [5, 5.41) is 18.6. The normalized spacial score (nSPS) is 12.6. The molecule has 0 aliphatic rings. The Morgan fingerprint density at radius 2 is 1.44 bits per heavy atom. The number of hydrogen-bond donors (Lipinski definition) is 2. The van der Waals surface area contributed by atoms with E-state index in [1.54, 1.807) is 19.1 Å². The molecule has 0 radical (unpaired) electrons. The summed E-state index contributed by atoms with van der Waals surface area (Å²) in [7, 11) is 0. The first-order chi connectivity index (χ1) is 12.1. The van der Waals surface area contributed by atoms with Crippen molar-refractivity contribution >= 4 is 0 Å². The minimum absolute atomic E-state index is 0.163. The lowest BCUT2D eigenvalue weighted by Crippen LogP contribution is -2.09. The average molecular weight is 344 g/mol. The van der Waals surface area contributed by atoms with Crippen molar-refractivity contribution in [3.05, 3.63) is 66.2 Å². The Morgan fingerprint density at radius 3 is 2.00 bits per heavy atom. The molecule has 0 aliphatic carbocycles. The van der Waals surface area contributed by atoms with Crippen LogP contribution in [0.1, 0.15) is 51.5 Å². The molecule has 3 nitrogen and oxygen atoms in total. The first-order valence-electron chi connectivity index (χ1n) is 9.23. The van der Waals surface area contributed by atoms with Gasteiger partial charge in [0.15, 0.2) is 6.29 Å². The molecule has 0 saturated carbocycles. The summed E-state index contributed by atoms with van der Waals surface area (Å²) >= 11 is 0. The molecule has 2 aromatic carbocycles. The van der Waals surface area contributed by atoms with Crippen molar-refractivity contribution in [2.45, 2.75) is 64.8 Å². The number of hydrogen-bond acceptors (Lipinski definition) is 3. The molecule has 2 unspecified atom stereocenters. The van der Waals surface area contributed by atoms with Crippen molar-refractivity contribution in [3.63, 3.8) is 0 Å². The molecule has 3 heteroatoms. The fourth-order valence-corrected chi connectivity index (χ4v) is 2.49. The van der Waals surface area contributed by atoms with E-state index in [0.717, 1.165) is 19.3 Å². The number of aliphatic hydroxyl groups is 2. The van der Waals surface area contributed by atoms with Crippen LogP contribution in [0.5, 0.6) is 5.75 Å². The summed E-state index contributed by atoms with van der Waals surface area (Å²) < 4.78 is 4.97. The van der Waals surface area contributed by atoms with Gasteiger partial charge in [-0.3, -0.25) is 0 Å². The molecule has 0 heterocycles. The standard InChI is InChI=1S/C14H22O.C8H10O2/c1-2-3-4-8-11-14(15)12-13-9-6-5-7-10-13;1-7(9)10-8-5-3-2-4-6-8/h5-7,9-10,14-15H,2-4,8,11-12H2,1H3;2-7,9H,1H3. The number of benzene rings is 2. The zero-order valence-corrected chi connectivity index (χ0v) is 15.5. The van der Waals surface area contributed by atoms with Gasteiger partial charge in [-0.25, -0.2) is 0 Å². The molecule has 0 amide bonds. The summed E-state index contributed by atoms with van der Waals surface area (Å²) in [5.41, 5.74) is 1.24. The maximum atomic E-state index is 9.80. The first kappa shape index (κ1) is 21.2. The summed E-state index contributed by atoms with van der Waals surface area (Å²) in [6.07, 6.45) is 5.80. The second-order valence-corrected chi connectivity index (χ2v) is 6.22. The van der Waals surface area contributed by atoms with Crippen LogP contribution in [0, 0.1) is 0 Å². The van der Waals surface area contributed by atoms with Crippen molar-refractivity contribution < 1.29 is 14.9 Å². The van der Waals surface area contributed by atoms with E-state index in [9.17, 15) is 5.11 Å². The van der Waals surface area contributed by atoms with Crippen LogP contribution in [0.4, 0.5) is 0 Å². The zero-order valence-electron chi connectivity index (χ0n) is 15.5. The van der Waals surface area contributed by atoms with Crippen LogP contribution in [0.3, 0.4) is 0 Å². The van der Waals surface area contributed by atoms with E-state index < -0.39 is 6.29 Å². The quantitative estimate of drug-likeness (QED) is 0.499. The van der Waals surface area contributed by atoms with Crippen LogP contribution in [0.2, 0.25) is 0 Å². The van der Waals surface area contributed by atoms with Crippen molar-refractivity contribution in [3.8, 4) is 5.75 Å². The largest absolute Gasteiger partial charge is 0.465 e. The molecule has 0 aliphatic heterocycles. The number of ether oxygens (including phenoxy) is 1. The highest BCUT2D eigenvalue weighted by Gasteiger charge is 2.04. The Hall–Kier alpha value is -1.84. The molecule has 2 rings (SSSR count). The predicted octanol–water partition coefficient (Wildman–Crippen LogP) is 4.96. The van der Waals surface area contributed by atoms with Gasteiger partial charge >= 0.3 is 0 Å². The van der Waals surface area contributed by atoms with E-state index in [0.29, 0.717) is 5.75 Å². The van der Waals surface area contributed by atoms with Crippen molar-refractivity contribution in [1.82, 2.24) is 0 Å². The van der Waals surface area contributed by atoms with Gasteiger partial charge in [0, 0.05) is 0 Å². The molecule has 25 heavy (non-hydrogen) atoms. The second kappa shape index (κ2) is 13.5. The average Bonchev–Trinajstić information content (AvgIpc) is 2.61. The Kier molecular flexibility index (Phi) is 11.4. The lowest BCUT2D eigenvalue weighted by Gasteiger charge is -2.10. The Morgan fingerprint density at radius 1 is 0.840 bits per heavy atom. The lowest BCUT2D eigenvalue weighted by atomic mass is 10.0. The van der Waals surface area contributed by atoms with Gasteiger partial charge < -0.3 is 14.9 Å². The summed E-state index contributed by atoms with van der Waals surface area (Å²) in [6, 6.07) is 19.4. The summed E-state index contributed by atoms with van der Waals surface area (Å²) in [6.45, 7) is 3.79. The summed E-state index contributed by atoms with van der Waals surface area (Å²) in [5.74, 6) is 0.692. The van der Waals surface area contributed by atoms with E-state index in [4.69, 9.17) is 9.84 Å². The highest BCUT2D eigenvalue weighted by atomic mass is 16.6. The molecule has 0 spiro atoms. The van der Waals surface area contributed by atoms with Crippen LogP contribution in [-0.4, -0.2) is 22.6 Å². The highest BCUT2D eigenvalue weighted by molar-refractivity contribution is 5.20. The Balaban J connectivity index is 0.000000271. The number of para-hydroxylation sites is 1. The molecule has 2 aromatic rings. The molecule has 2 N–H and O–H groups in total. The number of aliphatic hydroxyl groups excluding tert-OH is 2. The summed E-state index contributed by atoms with van der Waals surface area (Å²) in [4.78, 5) is 0. The molecule has 0 fully saturated rings. The molecular weight excluding hydrogens is 312 g/mol. The van der Waals surface area contributed by atoms with Crippen LogP contribution in [0.25, 0.3) is 0 Å². The predicted molar refractivity (Wildman–Crippen MR) is 104 cm³/mol. The maximum Gasteiger partial charge on any atom is 0.194 e. The third-order valence-corrected chi connectivity index (χ3v) is 3.75. The highest BCUT2D eigenvalue weighted by Crippen LogP contribution is 2.10. The number of rotatable bonds is 9. The Labute approximate surface area is 152 Å². The fraction of sp³-hybridized carbons (Fsp3) is 0.455. The third-order valence-electron chi connectivity index (χ3n) is 3.75. The van der Waals surface area contributed by atoms with E-state index in [1.165, 1.54) is 24.8 Å². The van der Waals surface area contributed by atoms with Crippen molar-refractivity contribution in [1.29, 1.82) is 0 Å². The van der Waals surface area contributed by atoms with Gasteiger partial charge in [-0.1, -0.05) is 81.1 Å². The van der Waals surface area contributed by atoms with E-state index in [2.05, 4.69) is 19.1 Å². The van der Waals surface area contributed by atoms with Crippen LogP contribution < -0.4 is 4.74 Å². The molecule has 0 aromatic heterocycles. The topological polar surface area (TPSA) is 49.7 Å². The number of unbranched alkanes of at least 4 members (excludes halogenated alkanes) is 3. The molecular formula is C22H32O3. The third kappa shape index (κ3) is 11.4. The molecule has 0 bridgehead atoms. The minimum atomic E-state index is -0.734. The van der Waals surface area contributed by atoms with Crippen molar-refractivity contribution in [2.24, 2.45) is 0 Å². The second-order valence-electron chi connectivity index (χ2n) is 6.22. The Bertz CT molecular complexity index is 525. The minimum Gasteiger partial charge on any atom is -0.465 e. The van der Waals surface area contributed by atoms with Gasteiger partial charge in [0.2, 0.25) is 0 Å². The molecule has 0 saturated heterocycles. The van der Waals surface area contributed by atoms with E-state index >= 15 is 0 Å².